The maximum Gasteiger partial charge on any atom is 0.327 e. The van der Waals surface area contributed by atoms with Gasteiger partial charge in [0.2, 0.25) is 5.91 Å². The third kappa shape index (κ3) is 5.81. The van der Waals surface area contributed by atoms with Crippen molar-refractivity contribution < 1.29 is 19.8 Å². The number of carbonyl (C=O) groups is 2. The Morgan fingerprint density at radius 2 is 1.89 bits per heavy atom. The summed E-state index contributed by atoms with van der Waals surface area (Å²) in [5, 5.41) is 24.3. The molecule has 1 unspecified atom stereocenters. The molecular formula is C29H30N4O4. The Morgan fingerprint density at radius 3 is 2.59 bits per heavy atom. The molecule has 190 valence electrons. The van der Waals surface area contributed by atoms with Gasteiger partial charge in [-0.25, -0.2) is 4.79 Å². The number of carboxylic acids is 1. The van der Waals surface area contributed by atoms with Crippen LogP contribution in [0.15, 0.2) is 67.0 Å². The van der Waals surface area contributed by atoms with Gasteiger partial charge in [0.1, 0.15) is 11.8 Å². The fourth-order valence-electron chi connectivity index (χ4n) is 4.66. The van der Waals surface area contributed by atoms with Gasteiger partial charge in [-0.3, -0.25) is 9.78 Å². The van der Waals surface area contributed by atoms with Crippen molar-refractivity contribution >= 4 is 22.8 Å². The quantitative estimate of drug-likeness (QED) is 0.262. The summed E-state index contributed by atoms with van der Waals surface area (Å²) < 4.78 is 0. The number of para-hydroxylation sites is 1. The summed E-state index contributed by atoms with van der Waals surface area (Å²) in [5.74, 6) is -0.563. The largest absolute Gasteiger partial charge is 0.507 e. The highest BCUT2D eigenvalue weighted by Crippen LogP contribution is 2.38. The number of benzene rings is 2. The fraction of sp³-hybridized carbons (Fsp3) is 0.276. The average Bonchev–Trinajstić information content (AvgIpc) is 3.58. The molecule has 1 atom stereocenters. The molecule has 8 heteroatoms. The molecule has 4 aromatic rings. The summed E-state index contributed by atoms with van der Waals surface area (Å²) >= 11 is 0. The average molecular weight is 499 g/mol. The van der Waals surface area contributed by atoms with E-state index in [1.807, 2.05) is 66.5 Å². The summed E-state index contributed by atoms with van der Waals surface area (Å²) in [5.41, 5.74) is 4.62. The van der Waals surface area contributed by atoms with E-state index in [1.165, 1.54) is 12.8 Å². The summed E-state index contributed by atoms with van der Waals surface area (Å²) in [6.45, 7) is 1.13. The minimum absolute atomic E-state index is 0.0749. The lowest BCUT2D eigenvalue weighted by Gasteiger charge is -2.22. The van der Waals surface area contributed by atoms with Crippen LogP contribution in [0.1, 0.15) is 18.4 Å². The van der Waals surface area contributed by atoms with E-state index in [2.05, 4.69) is 15.3 Å². The minimum atomic E-state index is -1.03. The summed E-state index contributed by atoms with van der Waals surface area (Å²) in [4.78, 5) is 33.7. The Kier molecular flexibility index (Phi) is 6.92. The highest BCUT2D eigenvalue weighted by Gasteiger charge is 2.27. The predicted octanol–water partition coefficient (Wildman–Crippen LogP) is 4.06. The van der Waals surface area contributed by atoms with Gasteiger partial charge >= 0.3 is 5.97 Å². The van der Waals surface area contributed by atoms with E-state index in [1.54, 1.807) is 12.4 Å². The number of phenolic OH excluding ortho intramolecular Hbond substituents is 1. The number of carboxylic acid groups (broad SMARTS) is 1. The van der Waals surface area contributed by atoms with Crippen molar-refractivity contribution in [3.8, 4) is 28.1 Å². The SMILES string of the molecule is CN(CC1CC1)CC(NC(=O)Cc1ccc(-c2cccc(-c3cc4ccncc4[nH]3)c2O)cc1)C(=O)O. The molecule has 0 aliphatic heterocycles. The molecule has 2 aromatic carbocycles. The molecule has 0 spiro atoms. The smallest absolute Gasteiger partial charge is 0.327 e. The number of aromatic nitrogens is 2. The zero-order valence-electron chi connectivity index (χ0n) is 20.6. The van der Waals surface area contributed by atoms with Crippen molar-refractivity contribution in [2.45, 2.75) is 25.3 Å². The fourth-order valence-corrected chi connectivity index (χ4v) is 4.66. The van der Waals surface area contributed by atoms with Crippen molar-refractivity contribution in [2.75, 3.05) is 20.1 Å². The molecule has 0 bridgehead atoms. The Hall–Kier alpha value is -4.17. The Balaban J connectivity index is 1.26. The Bertz CT molecular complexity index is 1390. The predicted molar refractivity (Wildman–Crippen MR) is 142 cm³/mol. The van der Waals surface area contributed by atoms with Gasteiger partial charge in [-0.1, -0.05) is 36.4 Å². The lowest BCUT2D eigenvalue weighted by atomic mass is 9.98. The monoisotopic (exact) mass is 498 g/mol. The number of phenols is 1. The number of pyridine rings is 1. The first kappa shape index (κ1) is 24.5. The normalized spacial score (nSPS) is 14.1. The van der Waals surface area contributed by atoms with Crippen LogP contribution in [0.5, 0.6) is 5.75 Å². The number of carbonyl (C=O) groups excluding carboxylic acids is 1. The number of nitrogens with zero attached hydrogens (tertiary/aromatic N) is 2. The zero-order chi connectivity index (χ0) is 25.9. The number of hydrogen-bond donors (Lipinski definition) is 4. The number of fused-ring (bicyclic) bond motifs is 1. The van der Waals surface area contributed by atoms with Crippen LogP contribution in [0, 0.1) is 5.92 Å². The number of hydrogen-bond acceptors (Lipinski definition) is 5. The van der Waals surface area contributed by atoms with E-state index >= 15 is 0 Å². The van der Waals surface area contributed by atoms with E-state index in [0.717, 1.165) is 34.3 Å². The molecule has 1 saturated carbocycles. The lowest BCUT2D eigenvalue weighted by molar-refractivity contribution is -0.142. The van der Waals surface area contributed by atoms with Crippen molar-refractivity contribution in [1.29, 1.82) is 0 Å². The summed E-state index contributed by atoms with van der Waals surface area (Å²) in [6, 6.07) is 15.9. The number of likely N-dealkylation sites (N-methyl/N-ethyl adjacent to an activating group) is 1. The molecule has 4 N–H and O–H groups in total. The van der Waals surface area contributed by atoms with Gasteiger partial charge in [-0.05, 0) is 55.1 Å². The van der Waals surface area contributed by atoms with Crippen molar-refractivity contribution in [2.24, 2.45) is 5.92 Å². The topological polar surface area (TPSA) is 119 Å². The van der Waals surface area contributed by atoms with Gasteiger partial charge in [-0.15, -0.1) is 0 Å². The summed E-state index contributed by atoms with van der Waals surface area (Å²) in [7, 11) is 1.89. The van der Waals surface area contributed by atoms with Crippen LogP contribution in [0.25, 0.3) is 33.3 Å². The highest BCUT2D eigenvalue weighted by atomic mass is 16.4. The molecule has 8 nitrogen and oxygen atoms in total. The van der Waals surface area contributed by atoms with Gasteiger partial charge in [0.05, 0.1) is 23.8 Å². The number of rotatable bonds is 10. The maximum absolute atomic E-state index is 12.6. The van der Waals surface area contributed by atoms with Crippen molar-refractivity contribution in [3.05, 3.63) is 72.6 Å². The molecule has 2 heterocycles. The van der Waals surface area contributed by atoms with Crippen LogP contribution in [0.4, 0.5) is 0 Å². The Morgan fingerprint density at radius 1 is 1.14 bits per heavy atom. The van der Waals surface area contributed by atoms with Gasteiger partial charge in [-0.2, -0.15) is 0 Å². The van der Waals surface area contributed by atoms with Gasteiger partial charge in [0.15, 0.2) is 0 Å². The first-order valence-corrected chi connectivity index (χ1v) is 12.4. The summed E-state index contributed by atoms with van der Waals surface area (Å²) in [6.07, 6.45) is 5.93. The standard InChI is InChI=1S/C29H30N4O4/c1-33(16-19-5-6-19)17-26(29(36)37)32-27(34)13-18-7-9-20(10-8-18)22-3-2-4-23(28(22)35)24-14-21-11-12-30-15-25(21)31-24/h2-4,7-12,14-15,19,26,31,35H,5-6,13,16-17H2,1H3,(H,32,34)(H,36,37). The maximum atomic E-state index is 12.6. The van der Waals surface area contributed by atoms with Crippen LogP contribution in [-0.2, 0) is 16.0 Å². The number of aromatic amines is 1. The molecule has 1 fully saturated rings. The van der Waals surface area contributed by atoms with Crippen LogP contribution < -0.4 is 5.32 Å². The molecule has 0 radical (unpaired) electrons. The third-order valence-electron chi connectivity index (χ3n) is 6.77. The van der Waals surface area contributed by atoms with Crippen molar-refractivity contribution in [1.82, 2.24) is 20.2 Å². The number of aliphatic carboxylic acids is 1. The first-order valence-electron chi connectivity index (χ1n) is 12.4. The molecule has 2 aromatic heterocycles. The first-order chi connectivity index (χ1) is 17.9. The lowest BCUT2D eigenvalue weighted by Crippen LogP contribution is -2.48. The highest BCUT2D eigenvalue weighted by molar-refractivity contribution is 5.89. The van der Waals surface area contributed by atoms with Crippen LogP contribution in [0.3, 0.4) is 0 Å². The van der Waals surface area contributed by atoms with Gasteiger partial charge in [0, 0.05) is 35.8 Å². The molecule has 1 amide bonds. The molecule has 1 aliphatic carbocycles. The third-order valence-corrected chi connectivity index (χ3v) is 6.77. The van der Waals surface area contributed by atoms with E-state index in [4.69, 9.17) is 0 Å². The molecular weight excluding hydrogens is 468 g/mol. The molecule has 1 aliphatic rings. The number of amides is 1. The van der Waals surface area contributed by atoms with E-state index in [-0.39, 0.29) is 24.6 Å². The molecule has 0 saturated heterocycles. The van der Waals surface area contributed by atoms with E-state index < -0.39 is 12.0 Å². The Labute approximate surface area is 215 Å². The zero-order valence-corrected chi connectivity index (χ0v) is 20.6. The van der Waals surface area contributed by atoms with Crippen LogP contribution in [0.2, 0.25) is 0 Å². The van der Waals surface area contributed by atoms with E-state index in [9.17, 15) is 19.8 Å². The second kappa shape index (κ2) is 10.4. The minimum Gasteiger partial charge on any atom is -0.507 e. The van der Waals surface area contributed by atoms with Gasteiger partial charge < -0.3 is 25.4 Å². The number of nitrogens with one attached hydrogen (secondary N) is 2. The van der Waals surface area contributed by atoms with E-state index in [0.29, 0.717) is 17.0 Å². The number of aromatic hydroxyl groups is 1. The second-order valence-corrected chi connectivity index (χ2v) is 9.84. The molecule has 37 heavy (non-hydrogen) atoms. The van der Waals surface area contributed by atoms with Crippen LogP contribution in [-0.4, -0.2) is 63.1 Å². The van der Waals surface area contributed by atoms with Crippen molar-refractivity contribution in [3.63, 3.8) is 0 Å². The van der Waals surface area contributed by atoms with Gasteiger partial charge in [0.25, 0.3) is 0 Å². The molecule has 5 rings (SSSR count). The second-order valence-electron chi connectivity index (χ2n) is 9.84. The van der Waals surface area contributed by atoms with Crippen LogP contribution >= 0.6 is 0 Å². The number of H-pyrrole nitrogens is 1.